The van der Waals surface area contributed by atoms with Gasteiger partial charge in [0, 0.05) is 12.5 Å². The Morgan fingerprint density at radius 1 is 1.40 bits per heavy atom. The van der Waals surface area contributed by atoms with E-state index in [1.54, 1.807) is 6.92 Å². The maximum atomic E-state index is 10.7. The Labute approximate surface area is 89.2 Å². The van der Waals surface area contributed by atoms with Crippen molar-refractivity contribution in [2.75, 3.05) is 0 Å². The third kappa shape index (κ3) is 2.58. The molecule has 0 aromatic heterocycles. The lowest BCUT2D eigenvalue weighted by Gasteiger charge is -2.44. The molecular formula is C11H18O4. The molecule has 4 nitrogen and oxygen atoms in total. The fourth-order valence-electron chi connectivity index (χ4n) is 2.54. The molecule has 0 aromatic carbocycles. The number of rotatable bonds is 1. The van der Waals surface area contributed by atoms with E-state index in [0.29, 0.717) is 12.0 Å². The standard InChI is InChI=1S/C11H18O4/c1-10(2)5-7(12)6-11(3,15)8(10)4-9(13)14/h4,7,12,15H,5-6H2,1-3H3,(H,13,14)/b8-4-. The average molecular weight is 214 g/mol. The van der Waals surface area contributed by atoms with Gasteiger partial charge in [0.1, 0.15) is 0 Å². The molecule has 1 aliphatic carbocycles. The molecule has 86 valence electrons. The minimum Gasteiger partial charge on any atom is -0.478 e. The summed E-state index contributed by atoms with van der Waals surface area (Å²) in [6, 6.07) is 0. The van der Waals surface area contributed by atoms with Crippen LogP contribution >= 0.6 is 0 Å². The number of carbonyl (C=O) groups is 1. The molecule has 0 bridgehead atoms. The molecule has 1 rings (SSSR count). The van der Waals surface area contributed by atoms with E-state index in [4.69, 9.17) is 5.11 Å². The summed E-state index contributed by atoms with van der Waals surface area (Å²) in [4.78, 5) is 10.7. The van der Waals surface area contributed by atoms with Crippen LogP contribution in [0, 0.1) is 5.41 Å². The summed E-state index contributed by atoms with van der Waals surface area (Å²) in [5.41, 5.74) is -1.24. The Kier molecular flexibility index (Phi) is 2.94. The van der Waals surface area contributed by atoms with Crippen molar-refractivity contribution in [1.82, 2.24) is 0 Å². The molecule has 4 heteroatoms. The zero-order valence-corrected chi connectivity index (χ0v) is 9.32. The monoisotopic (exact) mass is 214 g/mol. The topological polar surface area (TPSA) is 77.8 Å². The van der Waals surface area contributed by atoms with Gasteiger partial charge in [-0.3, -0.25) is 0 Å². The van der Waals surface area contributed by atoms with Gasteiger partial charge in [-0.2, -0.15) is 0 Å². The number of aliphatic hydroxyl groups is 2. The lowest BCUT2D eigenvalue weighted by atomic mass is 9.65. The molecule has 2 unspecified atom stereocenters. The highest BCUT2D eigenvalue weighted by Gasteiger charge is 2.44. The molecule has 0 saturated heterocycles. The first-order valence-electron chi connectivity index (χ1n) is 5.01. The first-order valence-corrected chi connectivity index (χ1v) is 5.01. The lowest BCUT2D eigenvalue weighted by Crippen LogP contribution is -2.45. The van der Waals surface area contributed by atoms with E-state index in [9.17, 15) is 15.0 Å². The fraction of sp³-hybridized carbons (Fsp3) is 0.727. The largest absolute Gasteiger partial charge is 0.478 e. The Morgan fingerprint density at radius 2 is 1.93 bits per heavy atom. The van der Waals surface area contributed by atoms with Crippen molar-refractivity contribution in [3.05, 3.63) is 11.6 Å². The number of hydrogen-bond donors (Lipinski definition) is 3. The molecule has 1 fully saturated rings. The van der Waals surface area contributed by atoms with Crippen molar-refractivity contribution in [3.8, 4) is 0 Å². The maximum Gasteiger partial charge on any atom is 0.328 e. The van der Waals surface area contributed by atoms with Crippen LogP contribution in [0.25, 0.3) is 0 Å². The summed E-state index contributed by atoms with van der Waals surface area (Å²) in [6.45, 7) is 5.21. The van der Waals surface area contributed by atoms with E-state index in [-0.39, 0.29) is 6.42 Å². The van der Waals surface area contributed by atoms with Crippen LogP contribution in [0.1, 0.15) is 33.6 Å². The first kappa shape index (κ1) is 12.2. The van der Waals surface area contributed by atoms with Gasteiger partial charge in [-0.15, -0.1) is 0 Å². The molecule has 0 heterocycles. The third-order valence-electron chi connectivity index (χ3n) is 2.96. The quantitative estimate of drug-likeness (QED) is 0.567. The SMILES string of the molecule is CC1(C)CC(O)CC(C)(O)/C1=C\C(=O)O. The zero-order chi connectivity index (χ0) is 11.9. The molecule has 3 N–H and O–H groups in total. The number of aliphatic carboxylic acids is 1. The highest BCUT2D eigenvalue weighted by Crippen LogP contribution is 2.45. The molecule has 0 aromatic rings. The van der Waals surface area contributed by atoms with Gasteiger partial charge in [-0.05, 0) is 24.3 Å². The highest BCUT2D eigenvalue weighted by molar-refractivity contribution is 5.81. The van der Waals surface area contributed by atoms with Crippen LogP contribution in [0.4, 0.5) is 0 Å². The predicted octanol–water partition coefficient (Wildman–Crippen LogP) is 0.929. The van der Waals surface area contributed by atoms with E-state index in [2.05, 4.69) is 0 Å². The third-order valence-corrected chi connectivity index (χ3v) is 2.96. The smallest absolute Gasteiger partial charge is 0.328 e. The molecule has 0 amide bonds. The Bertz CT molecular complexity index is 282. The van der Waals surface area contributed by atoms with Crippen molar-refractivity contribution in [2.24, 2.45) is 5.41 Å². The fourth-order valence-corrected chi connectivity index (χ4v) is 2.54. The van der Waals surface area contributed by atoms with Crippen molar-refractivity contribution in [2.45, 2.75) is 45.3 Å². The summed E-state index contributed by atoms with van der Waals surface area (Å²) in [7, 11) is 0. The van der Waals surface area contributed by atoms with Crippen LogP contribution in [0.15, 0.2) is 11.6 Å². The van der Waals surface area contributed by atoms with Crippen molar-refractivity contribution < 1.29 is 20.1 Å². The van der Waals surface area contributed by atoms with Crippen LogP contribution in [0.5, 0.6) is 0 Å². The summed E-state index contributed by atoms with van der Waals surface area (Å²) >= 11 is 0. The number of carboxylic acid groups (broad SMARTS) is 1. The molecular weight excluding hydrogens is 196 g/mol. The van der Waals surface area contributed by atoms with Crippen LogP contribution in [0.2, 0.25) is 0 Å². The van der Waals surface area contributed by atoms with Gasteiger partial charge in [0.25, 0.3) is 0 Å². The summed E-state index contributed by atoms with van der Waals surface area (Å²) < 4.78 is 0. The molecule has 0 aliphatic heterocycles. The van der Waals surface area contributed by atoms with E-state index in [1.165, 1.54) is 0 Å². The Hall–Kier alpha value is -0.870. The molecule has 0 spiro atoms. The molecule has 2 atom stereocenters. The molecule has 1 aliphatic rings. The van der Waals surface area contributed by atoms with E-state index in [0.717, 1.165) is 6.08 Å². The van der Waals surface area contributed by atoms with Crippen LogP contribution in [0.3, 0.4) is 0 Å². The first-order chi connectivity index (χ1) is 6.65. The maximum absolute atomic E-state index is 10.7. The number of hydrogen-bond acceptors (Lipinski definition) is 3. The van der Waals surface area contributed by atoms with Crippen LogP contribution in [-0.2, 0) is 4.79 Å². The second-order valence-electron chi connectivity index (χ2n) is 5.12. The normalized spacial score (nSPS) is 37.9. The second kappa shape index (κ2) is 3.61. The summed E-state index contributed by atoms with van der Waals surface area (Å²) in [5, 5.41) is 28.4. The minimum absolute atomic E-state index is 0.190. The average Bonchev–Trinajstić information content (AvgIpc) is 1.94. The Morgan fingerprint density at radius 3 is 2.33 bits per heavy atom. The zero-order valence-electron chi connectivity index (χ0n) is 9.32. The molecule has 0 radical (unpaired) electrons. The minimum atomic E-state index is -1.24. The van der Waals surface area contributed by atoms with Crippen molar-refractivity contribution in [1.29, 1.82) is 0 Å². The predicted molar refractivity (Wildman–Crippen MR) is 55.4 cm³/mol. The van der Waals surface area contributed by atoms with Gasteiger partial charge in [-0.25, -0.2) is 4.79 Å². The van der Waals surface area contributed by atoms with E-state index in [1.807, 2.05) is 13.8 Å². The molecule has 1 saturated carbocycles. The van der Waals surface area contributed by atoms with Gasteiger partial charge < -0.3 is 15.3 Å². The van der Waals surface area contributed by atoms with Crippen LogP contribution in [-0.4, -0.2) is 33.0 Å². The highest BCUT2D eigenvalue weighted by atomic mass is 16.4. The summed E-state index contributed by atoms with van der Waals surface area (Å²) in [6.07, 6.45) is 1.14. The lowest BCUT2D eigenvalue weighted by molar-refractivity contribution is -0.132. The van der Waals surface area contributed by atoms with Gasteiger partial charge >= 0.3 is 5.97 Å². The van der Waals surface area contributed by atoms with Gasteiger partial charge in [0.05, 0.1) is 11.7 Å². The number of carboxylic acids is 1. The van der Waals surface area contributed by atoms with Gasteiger partial charge in [0.2, 0.25) is 0 Å². The van der Waals surface area contributed by atoms with E-state index >= 15 is 0 Å². The van der Waals surface area contributed by atoms with Crippen molar-refractivity contribution >= 4 is 5.97 Å². The molecule has 15 heavy (non-hydrogen) atoms. The van der Waals surface area contributed by atoms with Crippen LogP contribution < -0.4 is 0 Å². The number of aliphatic hydroxyl groups excluding tert-OH is 1. The van der Waals surface area contributed by atoms with Gasteiger partial charge in [0.15, 0.2) is 0 Å². The van der Waals surface area contributed by atoms with Gasteiger partial charge in [-0.1, -0.05) is 13.8 Å². The second-order valence-corrected chi connectivity index (χ2v) is 5.12. The van der Waals surface area contributed by atoms with Crippen molar-refractivity contribution in [3.63, 3.8) is 0 Å². The van der Waals surface area contributed by atoms with E-state index < -0.39 is 23.1 Å². The Balaban J connectivity index is 3.14. The summed E-state index contributed by atoms with van der Waals surface area (Å²) in [5.74, 6) is -1.06.